The Hall–Kier alpha value is -1.28. The molecule has 0 saturated carbocycles. The monoisotopic (exact) mass is 224 g/mol. The lowest BCUT2D eigenvalue weighted by Gasteiger charge is -2.18. The standard InChI is InChI=1S/C6H8O7.S/c7-3(8)1-6(13,5(11)12)2-4(9)10;/h13H,1-2H2,(H,7,8)(H,9,10)(H,11,12);. The molecule has 0 aromatic heterocycles. The Morgan fingerprint density at radius 1 is 0.929 bits per heavy atom. The van der Waals surface area contributed by atoms with Gasteiger partial charge in [0.15, 0.2) is 5.60 Å². The lowest BCUT2D eigenvalue weighted by Crippen LogP contribution is -2.42. The smallest absolute Gasteiger partial charge is 0.336 e. The third kappa shape index (κ3) is 4.67. The zero-order valence-corrected chi connectivity index (χ0v) is 7.65. The first-order chi connectivity index (χ1) is 5.78. The fourth-order valence-electron chi connectivity index (χ4n) is 0.714. The van der Waals surface area contributed by atoms with Crippen molar-refractivity contribution < 1.29 is 34.8 Å². The largest absolute Gasteiger partial charge is 0.481 e. The summed E-state index contributed by atoms with van der Waals surface area (Å²) in [5.41, 5.74) is -2.74. The van der Waals surface area contributed by atoms with Crippen molar-refractivity contribution in [3.63, 3.8) is 0 Å². The molecule has 0 atom stereocenters. The number of hydrogen-bond donors (Lipinski definition) is 4. The molecule has 0 spiro atoms. The first-order valence-electron chi connectivity index (χ1n) is 3.17. The topological polar surface area (TPSA) is 132 Å². The molecule has 7 nitrogen and oxygen atoms in total. The van der Waals surface area contributed by atoms with Gasteiger partial charge in [-0.3, -0.25) is 9.59 Å². The van der Waals surface area contributed by atoms with Crippen LogP contribution in [0.3, 0.4) is 0 Å². The Morgan fingerprint density at radius 3 is 1.36 bits per heavy atom. The molecule has 0 aliphatic carbocycles. The fraction of sp³-hybridized carbons (Fsp3) is 0.500. The van der Waals surface area contributed by atoms with Gasteiger partial charge in [0.2, 0.25) is 0 Å². The maximum absolute atomic E-state index is 10.3. The molecule has 80 valence electrons. The first-order valence-corrected chi connectivity index (χ1v) is 3.17. The molecule has 0 saturated heterocycles. The van der Waals surface area contributed by atoms with Crippen molar-refractivity contribution in [1.82, 2.24) is 0 Å². The Bertz CT molecular complexity index is 233. The van der Waals surface area contributed by atoms with Crippen LogP contribution in [-0.2, 0) is 14.4 Å². The SMILES string of the molecule is O=C(O)CC(O)(CC(=O)O)C(=O)O.[S]. The highest BCUT2D eigenvalue weighted by Crippen LogP contribution is 2.15. The molecule has 2 radical (unpaired) electrons. The second-order valence-corrected chi connectivity index (χ2v) is 2.48. The van der Waals surface area contributed by atoms with Gasteiger partial charge in [0, 0.05) is 13.5 Å². The Kier molecular flexibility index (Phi) is 5.92. The first kappa shape index (κ1) is 15.2. The van der Waals surface area contributed by atoms with Crippen LogP contribution in [0.5, 0.6) is 0 Å². The minimum absolute atomic E-state index is 0. The van der Waals surface area contributed by atoms with Gasteiger partial charge < -0.3 is 20.4 Å². The van der Waals surface area contributed by atoms with E-state index < -0.39 is 36.4 Å². The number of carboxylic acids is 3. The number of rotatable bonds is 5. The highest BCUT2D eigenvalue weighted by atomic mass is 32.1. The van der Waals surface area contributed by atoms with Gasteiger partial charge in [-0.15, -0.1) is 0 Å². The van der Waals surface area contributed by atoms with Gasteiger partial charge in [-0.25, -0.2) is 4.79 Å². The second kappa shape index (κ2) is 5.45. The fourth-order valence-corrected chi connectivity index (χ4v) is 0.714. The Balaban J connectivity index is 0. The van der Waals surface area contributed by atoms with E-state index in [1.54, 1.807) is 0 Å². The zero-order valence-electron chi connectivity index (χ0n) is 6.84. The van der Waals surface area contributed by atoms with Crippen LogP contribution in [0, 0.1) is 0 Å². The van der Waals surface area contributed by atoms with Crippen molar-refractivity contribution >= 4 is 31.4 Å². The predicted octanol–water partition coefficient (Wildman–Crippen LogP) is -0.600. The van der Waals surface area contributed by atoms with Gasteiger partial charge >= 0.3 is 17.9 Å². The lowest BCUT2D eigenvalue weighted by molar-refractivity contribution is -0.170. The maximum atomic E-state index is 10.3. The molecule has 0 amide bonds. The van der Waals surface area contributed by atoms with E-state index in [1.807, 2.05) is 0 Å². The Labute approximate surface area is 85.4 Å². The van der Waals surface area contributed by atoms with E-state index in [0.29, 0.717) is 0 Å². The Morgan fingerprint density at radius 2 is 1.21 bits per heavy atom. The van der Waals surface area contributed by atoms with Crippen LogP contribution < -0.4 is 0 Å². The third-order valence-corrected chi connectivity index (χ3v) is 1.29. The molecule has 0 unspecified atom stereocenters. The van der Waals surface area contributed by atoms with E-state index in [2.05, 4.69) is 0 Å². The molecule has 0 aliphatic rings. The number of carboxylic acid groups (broad SMARTS) is 3. The third-order valence-electron chi connectivity index (χ3n) is 1.29. The van der Waals surface area contributed by atoms with Crippen molar-refractivity contribution in [3.05, 3.63) is 0 Å². The van der Waals surface area contributed by atoms with Gasteiger partial charge in [0.05, 0.1) is 12.8 Å². The molecule has 0 aromatic rings. The van der Waals surface area contributed by atoms with Crippen molar-refractivity contribution in [2.24, 2.45) is 0 Å². The van der Waals surface area contributed by atoms with E-state index in [1.165, 1.54) is 0 Å². The number of carbonyl (C=O) groups is 3. The van der Waals surface area contributed by atoms with E-state index in [0.717, 1.165) is 0 Å². The number of aliphatic carboxylic acids is 3. The summed E-state index contributed by atoms with van der Waals surface area (Å²) in [6.45, 7) is 0. The second-order valence-electron chi connectivity index (χ2n) is 2.48. The van der Waals surface area contributed by atoms with Crippen molar-refractivity contribution in [1.29, 1.82) is 0 Å². The van der Waals surface area contributed by atoms with Gasteiger partial charge in [-0.2, -0.15) is 0 Å². The summed E-state index contributed by atoms with van der Waals surface area (Å²) in [7, 11) is 0. The van der Waals surface area contributed by atoms with Crippen LogP contribution in [0.2, 0.25) is 0 Å². The molecule has 0 aromatic carbocycles. The molecule has 0 rings (SSSR count). The minimum atomic E-state index is -2.74. The van der Waals surface area contributed by atoms with Crippen molar-refractivity contribution in [3.8, 4) is 0 Å². The minimum Gasteiger partial charge on any atom is -0.481 e. The van der Waals surface area contributed by atoms with Gasteiger partial charge in [0.1, 0.15) is 0 Å². The average molecular weight is 224 g/mol. The van der Waals surface area contributed by atoms with Crippen LogP contribution in [-0.4, -0.2) is 43.9 Å². The molecule has 14 heavy (non-hydrogen) atoms. The van der Waals surface area contributed by atoms with Gasteiger partial charge in [-0.05, 0) is 0 Å². The van der Waals surface area contributed by atoms with Crippen LogP contribution >= 0.6 is 13.5 Å². The van der Waals surface area contributed by atoms with Gasteiger partial charge in [-0.1, -0.05) is 0 Å². The molecule has 8 heteroatoms. The highest BCUT2D eigenvalue weighted by molar-refractivity contribution is 7.59. The number of hydrogen-bond acceptors (Lipinski definition) is 4. The zero-order chi connectivity index (χ0) is 10.6. The summed E-state index contributed by atoms with van der Waals surface area (Å²) in [4.78, 5) is 30.5. The quantitative estimate of drug-likeness (QED) is 0.490. The van der Waals surface area contributed by atoms with Gasteiger partial charge in [0.25, 0.3) is 0 Å². The van der Waals surface area contributed by atoms with Crippen LogP contribution in [0.25, 0.3) is 0 Å². The lowest BCUT2D eigenvalue weighted by atomic mass is 9.96. The van der Waals surface area contributed by atoms with Crippen LogP contribution in [0.1, 0.15) is 12.8 Å². The molecular weight excluding hydrogens is 216 g/mol. The van der Waals surface area contributed by atoms with E-state index in [4.69, 9.17) is 20.4 Å². The number of aliphatic hydroxyl groups is 1. The van der Waals surface area contributed by atoms with E-state index in [9.17, 15) is 14.4 Å². The molecule has 0 aliphatic heterocycles. The van der Waals surface area contributed by atoms with Crippen LogP contribution in [0.15, 0.2) is 0 Å². The molecular formula is C6H8O7S. The summed E-state index contributed by atoms with van der Waals surface area (Å²) in [5.74, 6) is -5.02. The molecule has 0 heterocycles. The predicted molar refractivity (Wildman–Crippen MR) is 44.7 cm³/mol. The normalized spacial score (nSPS) is 10.1. The van der Waals surface area contributed by atoms with E-state index in [-0.39, 0.29) is 13.5 Å². The highest BCUT2D eigenvalue weighted by Gasteiger charge is 2.40. The summed E-state index contributed by atoms with van der Waals surface area (Å²) in [5, 5.41) is 33.8. The van der Waals surface area contributed by atoms with Crippen molar-refractivity contribution in [2.45, 2.75) is 18.4 Å². The molecule has 0 fully saturated rings. The summed E-state index contributed by atoms with van der Waals surface area (Å²) < 4.78 is 0. The molecule has 4 N–H and O–H groups in total. The van der Waals surface area contributed by atoms with Crippen LogP contribution in [0.4, 0.5) is 0 Å². The summed E-state index contributed by atoms with van der Waals surface area (Å²) in [6.07, 6.45) is -2.29. The van der Waals surface area contributed by atoms with Crippen molar-refractivity contribution in [2.75, 3.05) is 0 Å². The maximum Gasteiger partial charge on any atom is 0.336 e. The summed E-state index contributed by atoms with van der Waals surface area (Å²) in [6, 6.07) is 0. The average Bonchev–Trinajstić information content (AvgIpc) is 1.82. The summed E-state index contributed by atoms with van der Waals surface area (Å²) >= 11 is 0. The molecule has 0 bridgehead atoms. The van der Waals surface area contributed by atoms with E-state index >= 15 is 0 Å².